The van der Waals surface area contributed by atoms with Gasteiger partial charge in [-0.3, -0.25) is 0 Å². The van der Waals surface area contributed by atoms with Gasteiger partial charge in [0.05, 0.1) is 16.7 Å². The van der Waals surface area contributed by atoms with Crippen LogP contribution >= 0.6 is 0 Å². The van der Waals surface area contributed by atoms with E-state index in [1.165, 1.54) is 30.3 Å². The van der Waals surface area contributed by atoms with Crippen molar-refractivity contribution in [3.63, 3.8) is 0 Å². The summed E-state index contributed by atoms with van der Waals surface area (Å²) in [4.78, 5) is 45.8. The highest BCUT2D eigenvalue weighted by molar-refractivity contribution is 6.04. The summed E-state index contributed by atoms with van der Waals surface area (Å²) >= 11 is 0. The van der Waals surface area contributed by atoms with E-state index in [0.29, 0.717) is 11.5 Å². The molecule has 0 atom stereocenters. The Labute approximate surface area is 233 Å². The smallest absolute Gasteiger partial charge is 0.340 e. The molecule has 4 rings (SSSR count). The molecule has 208 valence electrons. The Balaban J connectivity index is 1.52. The van der Waals surface area contributed by atoms with Crippen LogP contribution in [-0.4, -0.2) is 44.3 Å². The molecule has 4 N–H and O–H groups in total. The van der Waals surface area contributed by atoms with Gasteiger partial charge in [-0.05, 0) is 65.7 Å². The first kappa shape index (κ1) is 28.4. The molecule has 0 radical (unpaired) electrons. The minimum absolute atomic E-state index is 0.0897. The summed E-state index contributed by atoms with van der Waals surface area (Å²) in [7, 11) is 0. The van der Waals surface area contributed by atoms with Crippen molar-refractivity contribution in [2.45, 2.75) is 19.3 Å². The van der Waals surface area contributed by atoms with Crippen LogP contribution < -0.4 is 9.47 Å². The van der Waals surface area contributed by atoms with E-state index in [4.69, 9.17) is 9.47 Å². The van der Waals surface area contributed by atoms with E-state index >= 15 is 0 Å². The van der Waals surface area contributed by atoms with Crippen molar-refractivity contribution < 1.29 is 49.1 Å². The molecule has 0 bridgehead atoms. The Bertz CT molecular complexity index is 1650. The van der Waals surface area contributed by atoms with E-state index in [2.05, 4.69) is 0 Å². The summed E-state index contributed by atoms with van der Waals surface area (Å²) in [5.41, 5.74) is -0.182. The van der Waals surface area contributed by atoms with E-state index in [1.54, 1.807) is 24.3 Å². The second-order valence-electron chi connectivity index (χ2n) is 9.48. The van der Waals surface area contributed by atoms with E-state index in [-0.39, 0.29) is 28.2 Å². The molecule has 0 fully saturated rings. The first-order valence-corrected chi connectivity index (χ1v) is 12.2. The molecule has 4 aromatic carbocycles. The summed E-state index contributed by atoms with van der Waals surface area (Å²) in [6, 6.07) is 21.8. The third kappa shape index (κ3) is 6.01. The fraction of sp³-hybridized carbons (Fsp3) is 0.0968. The zero-order valence-corrected chi connectivity index (χ0v) is 21.8. The van der Waals surface area contributed by atoms with Gasteiger partial charge in [0.2, 0.25) is 0 Å². The maximum absolute atomic E-state index is 11.7. The van der Waals surface area contributed by atoms with Gasteiger partial charge >= 0.3 is 23.9 Å². The molecule has 0 spiro atoms. The summed E-state index contributed by atoms with van der Waals surface area (Å²) < 4.78 is 11.5. The normalized spacial score (nSPS) is 11.0. The number of carboxylic acids is 4. The molecule has 0 amide bonds. The van der Waals surface area contributed by atoms with Crippen molar-refractivity contribution in [2.75, 3.05) is 0 Å². The monoisotopic (exact) mass is 556 g/mol. The summed E-state index contributed by atoms with van der Waals surface area (Å²) in [5, 5.41) is 37.3. The first-order valence-electron chi connectivity index (χ1n) is 12.2. The zero-order valence-electron chi connectivity index (χ0n) is 21.8. The van der Waals surface area contributed by atoms with Crippen LogP contribution in [0.1, 0.15) is 66.4 Å². The van der Waals surface area contributed by atoms with Crippen molar-refractivity contribution in [1.82, 2.24) is 0 Å². The van der Waals surface area contributed by atoms with Gasteiger partial charge in [-0.1, -0.05) is 44.2 Å². The van der Waals surface area contributed by atoms with Gasteiger partial charge < -0.3 is 29.9 Å². The second-order valence-corrected chi connectivity index (χ2v) is 9.48. The van der Waals surface area contributed by atoms with Gasteiger partial charge in [0, 0.05) is 5.41 Å². The average Bonchev–Trinajstić information content (AvgIpc) is 2.93. The number of hydrogen-bond acceptors (Lipinski definition) is 6. The van der Waals surface area contributed by atoms with Crippen molar-refractivity contribution >= 4 is 23.9 Å². The van der Waals surface area contributed by atoms with Gasteiger partial charge in [0.15, 0.2) is 0 Å². The van der Waals surface area contributed by atoms with Crippen LogP contribution in [0.15, 0.2) is 84.9 Å². The highest BCUT2D eigenvalue weighted by Gasteiger charge is 2.25. The lowest BCUT2D eigenvalue weighted by Gasteiger charge is -2.26. The molecule has 10 nitrogen and oxygen atoms in total. The van der Waals surface area contributed by atoms with Crippen LogP contribution in [0.2, 0.25) is 0 Å². The van der Waals surface area contributed by atoms with Gasteiger partial charge in [0.1, 0.15) is 28.6 Å². The van der Waals surface area contributed by atoms with Crippen LogP contribution in [0, 0.1) is 0 Å². The van der Waals surface area contributed by atoms with Crippen molar-refractivity contribution in [1.29, 1.82) is 0 Å². The standard InChI is InChI=1S/C31H24O10/c1-31(2,17-6-10-19(11-7-17)40-21-14-15-22(27(32)33)24(16-21)29(36)37)18-8-12-20(13-9-18)41-25-5-3-4-23(28(34)35)26(25)30(38)39/h3-16H,1-2H3,(H,32,33)(H,34,35)(H,36,37)(H,38,39). The second kappa shape index (κ2) is 11.2. The van der Waals surface area contributed by atoms with Gasteiger partial charge in [-0.15, -0.1) is 0 Å². The summed E-state index contributed by atoms with van der Waals surface area (Å²) in [6.45, 7) is 4.00. The third-order valence-corrected chi connectivity index (χ3v) is 6.54. The number of carboxylic acid groups (broad SMARTS) is 4. The molecule has 0 unspecified atom stereocenters. The molecule has 10 heteroatoms. The molecule has 0 heterocycles. The Morgan fingerprint density at radius 1 is 0.537 bits per heavy atom. The lowest BCUT2D eigenvalue weighted by atomic mass is 9.78. The van der Waals surface area contributed by atoms with Gasteiger partial charge in [-0.25, -0.2) is 19.2 Å². The summed E-state index contributed by atoms with van der Waals surface area (Å²) in [6.07, 6.45) is 0. The lowest BCUT2D eigenvalue weighted by Crippen LogP contribution is -2.18. The van der Waals surface area contributed by atoms with Crippen molar-refractivity contribution in [2.24, 2.45) is 0 Å². The fourth-order valence-corrected chi connectivity index (χ4v) is 4.27. The summed E-state index contributed by atoms with van der Waals surface area (Å²) in [5.74, 6) is -4.68. The molecule has 0 saturated heterocycles. The molecule has 4 aromatic rings. The third-order valence-electron chi connectivity index (χ3n) is 6.54. The predicted molar refractivity (Wildman–Crippen MR) is 146 cm³/mol. The zero-order chi connectivity index (χ0) is 29.9. The van der Waals surface area contributed by atoms with E-state index in [1.807, 2.05) is 38.1 Å². The Morgan fingerprint density at radius 3 is 1.51 bits per heavy atom. The number of rotatable bonds is 10. The number of aromatic carboxylic acids is 4. The maximum Gasteiger partial charge on any atom is 0.340 e. The molecule has 0 aliphatic carbocycles. The molecule has 0 aliphatic rings. The SMILES string of the molecule is CC(C)(c1ccc(Oc2ccc(C(=O)O)c(C(=O)O)c2)cc1)c1ccc(Oc2cccc(C(=O)O)c2C(=O)O)cc1. The van der Waals surface area contributed by atoms with Gasteiger partial charge in [-0.2, -0.15) is 0 Å². The lowest BCUT2D eigenvalue weighted by molar-refractivity contribution is 0.0649. The molecule has 0 aliphatic heterocycles. The number of hydrogen-bond donors (Lipinski definition) is 4. The Kier molecular flexibility index (Phi) is 7.77. The van der Waals surface area contributed by atoms with Crippen LogP contribution in [0.3, 0.4) is 0 Å². The highest BCUT2D eigenvalue weighted by Crippen LogP contribution is 2.35. The Morgan fingerprint density at radius 2 is 1.02 bits per heavy atom. The van der Waals surface area contributed by atoms with Crippen LogP contribution in [0.4, 0.5) is 0 Å². The minimum atomic E-state index is -1.41. The average molecular weight is 557 g/mol. The van der Waals surface area contributed by atoms with E-state index in [0.717, 1.165) is 17.2 Å². The number of carbonyl (C=O) groups is 4. The maximum atomic E-state index is 11.7. The topological polar surface area (TPSA) is 168 Å². The van der Waals surface area contributed by atoms with Crippen LogP contribution in [-0.2, 0) is 5.41 Å². The molecular formula is C31H24O10. The molecule has 0 saturated carbocycles. The van der Waals surface area contributed by atoms with Crippen molar-refractivity contribution in [3.8, 4) is 23.0 Å². The number of benzene rings is 4. The number of ether oxygens (including phenoxy) is 2. The molecule has 0 aromatic heterocycles. The Hall–Kier alpha value is -5.64. The van der Waals surface area contributed by atoms with Crippen molar-refractivity contribution in [3.05, 3.63) is 118 Å². The minimum Gasteiger partial charge on any atom is -0.478 e. The first-order chi connectivity index (χ1) is 19.4. The van der Waals surface area contributed by atoms with Gasteiger partial charge in [0.25, 0.3) is 0 Å². The highest BCUT2D eigenvalue weighted by atomic mass is 16.5. The van der Waals surface area contributed by atoms with E-state index < -0.39 is 34.9 Å². The largest absolute Gasteiger partial charge is 0.478 e. The van der Waals surface area contributed by atoms with Crippen LogP contribution in [0.5, 0.6) is 23.0 Å². The quantitative estimate of drug-likeness (QED) is 0.172. The molecular weight excluding hydrogens is 532 g/mol. The van der Waals surface area contributed by atoms with Crippen LogP contribution in [0.25, 0.3) is 0 Å². The fourth-order valence-electron chi connectivity index (χ4n) is 4.27. The molecule has 41 heavy (non-hydrogen) atoms. The van der Waals surface area contributed by atoms with E-state index in [9.17, 15) is 39.6 Å². The predicted octanol–water partition coefficient (Wildman–Crippen LogP) is 6.39.